The van der Waals surface area contributed by atoms with Gasteiger partial charge in [0.2, 0.25) is 11.9 Å². The Balaban J connectivity index is 1.90. The van der Waals surface area contributed by atoms with Gasteiger partial charge in [-0.05, 0) is 19.3 Å². The Bertz CT molecular complexity index is 322. The Hall–Kier alpha value is -1.36. The Morgan fingerprint density at radius 3 is 3.13 bits per heavy atom. The van der Waals surface area contributed by atoms with Crippen molar-refractivity contribution in [3.8, 4) is 0 Å². The highest BCUT2D eigenvalue weighted by atomic mass is 16.2. The fourth-order valence-electron chi connectivity index (χ4n) is 2.02. The molecule has 1 fully saturated rings. The van der Waals surface area contributed by atoms with Crippen molar-refractivity contribution in [2.45, 2.75) is 31.7 Å². The molecule has 0 aliphatic heterocycles. The minimum absolute atomic E-state index is 0.0279. The number of rotatable bonds is 2. The minimum Gasteiger partial charge on any atom is -0.331 e. The van der Waals surface area contributed by atoms with Crippen molar-refractivity contribution in [1.29, 1.82) is 0 Å². The second-order valence-electron chi connectivity index (χ2n) is 4.05. The number of nitrogens with one attached hydrogen (secondary N) is 2. The molecule has 0 spiro atoms. The number of hydrogen-bond acceptors (Lipinski definition) is 3. The molecular formula is C10H16N4O. The number of anilines is 1. The molecule has 4 N–H and O–H groups in total. The zero-order chi connectivity index (χ0) is 10.7. The highest BCUT2D eigenvalue weighted by molar-refractivity contribution is 5.90. The Morgan fingerprint density at radius 1 is 1.60 bits per heavy atom. The predicted octanol–water partition coefficient (Wildman–Crippen LogP) is 0.866. The second kappa shape index (κ2) is 4.44. The number of carbonyl (C=O) groups excluding carboxylic acids is 1. The van der Waals surface area contributed by atoms with E-state index in [1.807, 2.05) is 0 Å². The van der Waals surface area contributed by atoms with Crippen LogP contribution in [0.25, 0.3) is 0 Å². The first-order valence-electron chi connectivity index (χ1n) is 5.31. The topological polar surface area (TPSA) is 83.8 Å². The van der Waals surface area contributed by atoms with Gasteiger partial charge in [0.15, 0.2) is 0 Å². The number of aromatic nitrogens is 2. The first-order chi connectivity index (χ1) is 7.25. The molecule has 0 radical (unpaired) electrons. The van der Waals surface area contributed by atoms with Gasteiger partial charge >= 0.3 is 0 Å². The highest BCUT2D eigenvalue weighted by Crippen LogP contribution is 2.23. The molecule has 0 aromatic carbocycles. The average molecular weight is 208 g/mol. The second-order valence-corrected chi connectivity index (χ2v) is 4.05. The summed E-state index contributed by atoms with van der Waals surface area (Å²) in [7, 11) is 0. The first-order valence-corrected chi connectivity index (χ1v) is 5.31. The van der Waals surface area contributed by atoms with Crippen LogP contribution in [-0.4, -0.2) is 21.9 Å². The van der Waals surface area contributed by atoms with Crippen LogP contribution in [-0.2, 0) is 4.79 Å². The molecule has 1 aliphatic carbocycles. The van der Waals surface area contributed by atoms with Gasteiger partial charge in [-0.1, -0.05) is 6.42 Å². The number of carbonyl (C=O) groups is 1. The zero-order valence-corrected chi connectivity index (χ0v) is 8.57. The van der Waals surface area contributed by atoms with E-state index >= 15 is 0 Å². The molecule has 15 heavy (non-hydrogen) atoms. The van der Waals surface area contributed by atoms with Crippen LogP contribution in [0, 0.1) is 5.92 Å². The Kier molecular flexibility index (Phi) is 3.01. The number of aromatic amines is 1. The molecule has 2 atom stereocenters. The van der Waals surface area contributed by atoms with Crippen LogP contribution in [0.4, 0.5) is 5.95 Å². The fourth-order valence-corrected chi connectivity index (χ4v) is 2.02. The van der Waals surface area contributed by atoms with Crippen LogP contribution in [0.1, 0.15) is 25.7 Å². The molecule has 82 valence electrons. The molecule has 1 aromatic heterocycles. The largest absolute Gasteiger partial charge is 0.331 e. The van der Waals surface area contributed by atoms with Gasteiger partial charge < -0.3 is 10.7 Å². The van der Waals surface area contributed by atoms with E-state index in [9.17, 15) is 4.79 Å². The standard InChI is InChI=1S/C10H16N4O/c11-8-3-1-2-7(6-8)9(15)14-10-12-4-5-13-10/h4-5,7-8H,1-3,6,11H2,(H2,12,13,14,15). The van der Waals surface area contributed by atoms with E-state index in [1.54, 1.807) is 12.4 Å². The average Bonchev–Trinajstić information content (AvgIpc) is 2.70. The van der Waals surface area contributed by atoms with Crippen molar-refractivity contribution in [2.24, 2.45) is 11.7 Å². The van der Waals surface area contributed by atoms with Gasteiger partial charge in [-0.25, -0.2) is 4.98 Å². The van der Waals surface area contributed by atoms with E-state index < -0.39 is 0 Å². The smallest absolute Gasteiger partial charge is 0.229 e. The van der Waals surface area contributed by atoms with E-state index in [1.165, 1.54) is 0 Å². The molecule has 0 bridgehead atoms. The van der Waals surface area contributed by atoms with Crippen LogP contribution in [0.5, 0.6) is 0 Å². The molecule has 1 aliphatic rings. The van der Waals surface area contributed by atoms with Crippen LogP contribution in [0.15, 0.2) is 12.4 Å². The molecule has 0 saturated heterocycles. The van der Waals surface area contributed by atoms with E-state index in [2.05, 4.69) is 15.3 Å². The molecular weight excluding hydrogens is 192 g/mol. The van der Waals surface area contributed by atoms with Crippen LogP contribution in [0.3, 0.4) is 0 Å². The summed E-state index contributed by atoms with van der Waals surface area (Å²) in [4.78, 5) is 18.6. The third-order valence-electron chi connectivity index (χ3n) is 2.83. The van der Waals surface area contributed by atoms with Crippen molar-refractivity contribution < 1.29 is 4.79 Å². The van der Waals surface area contributed by atoms with Gasteiger partial charge in [0.25, 0.3) is 0 Å². The van der Waals surface area contributed by atoms with E-state index in [0.717, 1.165) is 25.7 Å². The molecule has 1 amide bonds. The van der Waals surface area contributed by atoms with Crippen LogP contribution >= 0.6 is 0 Å². The number of amides is 1. The lowest BCUT2D eigenvalue weighted by atomic mass is 9.85. The molecule has 2 unspecified atom stereocenters. The van der Waals surface area contributed by atoms with E-state index in [0.29, 0.717) is 5.95 Å². The summed E-state index contributed by atoms with van der Waals surface area (Å²) in [5.41, 5.74) is 5.83. The lowest BCUT2D eigenvalue weighted by Gasteiger charge is -2.25. The van der Waals surface area contributed by atoms with E-state index in [-0.39, 0.29) is 17.9 Å². The van der Waals surface area contributed by atoms with Gasteiger partial charge in [-0.3, -0.25) is 10.1 Å². The summed E-state index contributed by atoms with van der Waals surface area (Å²) in [5, 5.41) is 2.75. The van der Waals surface area contributed by atoms with Gasteiger partial charge in [-0.15, -0.1) is 0 Å². The van der Waals surface area contributed by atoms with Crippen molar-refractivity contribution >= 4 is 11.9 Å². The lowest BCUT2D eigenvalue weighted by Crippen LogP contribution is -2.34. The number of H-pyrrole nitrogens is 1. The first kappa shape index (κ1) is 10.2. The molecule has 2 rings (SSSR count). The summed E-state index contributed by atoms with van der Waals surface area (Å²) in [5.74, 6) is 0.582. The van der Waals surface area contributed by atoms with E-state index in [4.69, 9.17) is 5.73 Å². The maximum Gasteiger partial charge on any atom is 0.229 e. The molecule has 5 heteroatoms. The Morgan fingerprint density at radius 2 is 2.47 bits per heavy atom. The third-order valence-corrected chi connectivity index (χ3v) is 2.83. The quantitative estimate of drug-likeness (QED) is 0.674. The maximum atomic E-state index is 11.8. The van der Waals surface area contributed by atoms with Crippen molar-refractivity contribution in [3.63, 3.8) is 0 Å². The van der Waals surface area contributed by atoms with Crippen molar-refractivity contribution in [3.05, 3.63) is 12.4 Å². The normalized spacial score (nSPS) is 26.2. The minimum atomic E-state index is 0.0279. The zero-order valence-electron chi connectivity index (χ0n) is 8.57. The SMILES string of the molecule is NC1CCCC(C(=O)Nc2ncc[nH]2)C1. The number of nitrogens with two attached hydrogens (primary N) is 1. The van der Waals surface area contributed by atoms with Gasteiger partial charge in [0, 0.05) is 24.4 Å². The fraction of sp³-hybridized carbons (Fsp3) is 0.600. The number of nitrogens with zero attached hydrogens (tertiary/aromatic N) is 1. The highest BCUT2D eigenvalue weighted by Gasteiger charge is 2.25. The summed E-state index contributed by atoms with van der Waals surface area (Å²) in [6.07, 6.45) is 7.08. The maximum absolute atomic E-state index is 11.8. The molecule has 5 nitrogen and oxygen atoms in total. The third kappa shape index (κ3) is 2.56. The van der Waals surface area contributed by atoms with Gasteiger partial charge in [0.05, 0.1) is 0 Å². The molecule has 1 aromatic rings. The molecule has 1 heterocycles. The van der Waals surface area contributed by atoms with Crippen molar-refractivity contribution in [1.82, 2.24) is 9.97 Å². The summed E-state index contributed by atoms with van der Waals surface area (Å²) in [6, 6.07) is 0.172. The van der Waals surface area contributed by atoms with Crippen LogP contribution < -0.4 is 11.1 Å². The summed E-state index contributed by atoms with van der Waals surface area (Å²) < 4.78 is 0. The summed E-state index contributed by atoms with van der Waals surface area (Å²) >= 11 is 0. The lowest BCUT2D eigenvalue weighted by molar-refractivity contribution is -0.120. The molecule has 1 saturated carbocycles. The van der Waals surface area contributed by atoms with Gasteiger partial charge in [-0.2, -0.15) is 0 Å². The predicted molar refractivity (Wildman–Crippen MR) is 57.2 cm³/mol. The number of hydrogen-bond donors (Lipinski definition) is 3. The van der Waals surface area contributed by atoms with Crippen molar-refractivity contribution in [2.75, 3.05) is 5.32 Å². The number of imidazole rings is 1. The monoisotopic (exact) mass is 208 g/mol. The van der Waals surface area contributed by atoms with Gasteiger partial charge in [0.1, 0.15) is 0 Å². The summed E-state index contributed by atoms with van der Waals surface area (Å²) in [6.45, 7) is 0. The van der Waals surface area contributed by atoms with Crippen LogP contribution in [0.2, 0.25) is 0 Å². The Labute approximate surface area is 88.5 Å².